The topological polar surface area (TPSA) is 99.8 Å². The Morgan fingerprint density at radius 3 is 2.76 bits per heavy atom. The van der Waals surface area contributed by atoms with Crippen molar-refractivity contribution in [3.05, 3.63) is 42.2 Å². The van der Waals surface area contributed by atoms with Crippen LogP contribution in [0.25, 0.3) is 22.9 Å². The molecule has 3 aromatic rings. The summed E-state index contributed by atoms with van der Waals surface area (Å²) in [5.74, 6) is 2.07. The molecule has 2 aromatic heterocycles. The standard InChI is InChI=1S/C28H36N6O3S/c35-14-16-38-32-22-4-5-24-26(18-22)34-12-7-23(8-13-34)36-15-2-11-33-10-1-3-21(19-33)25-17-20(6-9-29-25)27-30-31-28(24)37-27/h4-6,9,17-18,21,23,32,35H,1-3,7-8,10-16,19H2. The number of aliphatic hydroxyl groups is 1. The van der Waals surface area contributed by atoms with Crippen LogP contribution in [-0.4, -0.2) is 83.0 Å². The lowest BCUT2D eigenvalue weighted by atomic mass is 9.93. The van der Waals surface area contributed by atoms with Crippen molar-refractivity contribution in [2.75, 3.05) is 61.3 Å². The minimum Gasteiger partial charge on any atom is -0.416 e. The van der Waals surface area contributed by atoms with E-state index < -0.39 is 0 Å². The van der Waals surface area contributed by atoms with Gasteiger partial charge in [-0.2, -0.15) is 0 Å². The zero-order valence-electron chi connectivity index (χ0n) is 21.7. The number of rotatable bonds is 4. The number of hydrogen-bond donors (Lipinski definition) is 2. The molecule has 0 aliphatic carbocycles. The number of pyridine rings is 1. The largest absolute Gasteiger partial charge is 0.416 e. The van der Waals surface area contributed by atoms with E-state index >= 15 is 0 Å². The number of anilines is 2. The van der Waals surface area contributed by atoms with Gasteiger partial charge >= 0.3 is 0 Å². The monoisotopic (exact) mass is 536 g/mol. The van der Waals surface area contributed by atoms with Crippen LogP contribution in [0.4, 0.5) is 11.4 Å². The Labute approximate surface area is 228 Å². The van der Waals surface area contributed by atoms with Crippen molar-refractivity contribution in [2.24, 2.45) is 0 Å². The van der Waals surface area contributed by atoms with E-state index in [1.165, 1.54) is 18.4 Å². The molecule has 2 N–H and O–H groups in total. The van der Waals surface area contributed by atoms with Crippen LogP contribution in [0.2, 0.25) is 0 Å². The highest BCUT2D eigenvalue weighted by molar-refractivity contribution is 8.00. The maximum absolute atomic E-state index is 9.16. The van der Waals surface area contributed by atoms with Gasteiger partial charge in [0.1, 0.15) is 0 Å². The van der Waals surface area contributed by atoms with Gasteiger partial charge in [-0.25, -0.2) is 0 Å². The molecular weight excluding hydrogens is 500 g/mol. The minimum atomic E-state index is 0.135. The van der Waals surface area contributed by atoms with E-state index in [1.807, 2.05) is 24.4 Å². The van der Waals surface area contributed by atoms with Crippen LogP contribution in [0.15, 0.2) is 40.9 Å². The van der Waals surface area contributed by atoms with Gasteiger partial charge in [-0.1, -0.05) is 11.9 Å². The summed E-state index contributed by atoms with van der Waals surface area (Å²) in [5, 5.41) is 18.1. The summed E-state index contributed by atoms with van der Waals surface area (Å²) >= 11 is 1.49. The summed E-state index contributed by atoms with van der Waals surface area (Å²) in [6.45, 7) is 6.02. The molecule has 0 spiro atoms. The van der Waals surface area contributed by atoms with Crippen molar-refractivity contribution < 1.29 is 14.3 Å². The summed E-state index contributed by atoms with van der Waals surface area (Å²) in [6.07, 6.45) is 7.55. The maximum Gasteiger partial charge on any atom is 0.250 e. The predicted octanol–water partition coefficient (Wildman–Crippen LogP) is 4.42. The Morgan fingerprint density at radius 2 is 1.87 bits per heavy atom. The number of ether oxygens (including phenoxy) is 1. The van der Waals surface area contributed by atoms with E-state index in [9.17, 15) is 0 Å². The van der Waals surface area contributed by atoms with Gasteiger partial charge < -0.3 is 28.8 Å². The molecule has 2 unspecified atom stereocenters. The first-order valence-electron chi connectivity index (χ1n) is 13.8. The van der Waals surface area contributed by atoms with Crippen molar-refractivity contribution in [3.8, 4) is 22.9 Å². The number of fused-ring (bicyclic) bond motifs is 5. The Morgan fingerprint density at radius 1 is 1.00 bits per heavy atom. The van der Waals surface area contributed by atoms with Crippen molar-refractivity contribution in [3.63, 3.8) is 0 Å². The lowest BCUT2D eigenvalue weighted by Crippen LogP contribution is -2.38. The van der Waals surface area contributed by atoms with Gasteiger partial charge in [-0.3, -0.25) is 4.98 Å². The second kappa shape index (κ2) is 12.0. The number of piperidine rings is 2. The number of nitrogens with zero attached hydrogens (tertiary/aromatic N) is 5. The van der Waals surface area contributed by atoms with Crippen molar-refractivity contribution in [1.82, 2.24) is 20.1 Å². The van der Waals surface area contributed by atoms with Gasteiger partial charge in [0.15, 0.2) is 0 Å². The molecular formula is C28H36N6O3S. The highest BCUT2D eigenvalue weighted by Crippen LogP contribution is 2.37. The molecule has 0 radical (unpaired) electrons. The second-order valence-electron chi connectivity index (χ2n) is 10.3. The third-order valence-electron chi connectivity index (χ3n) is 7.74. The van der Waals surface area contributed by atoms with Crippen LogP contribution in [-0.2, 0) is 4.74 Å². The minimum absolute atomic E-state index is 0.135. The molecule has 202 valence electrons. The molecule has 7 rings (SSSR count). The van der Waals surface area contributed by atoms with E-state index in [1.54, 1.807) is 0 Å². The maximum atomic E-state index is 9.16. The number of aliphatic hydroxyl groups excluding tert-OH is 1. The molecule has 10 heteroatoms. The molecule has 38 heavy (non-hydrogen) atoms. The van der Waals surface area contributed by atoms with E-state index in [0.717, 1.165) is 93.2 Å². The Hall–Kier alpha value is -2.66. The number of hydrogen-bond acceptors (Lipinski definition) is 10. The Bertz CT molecular complexity index is 1210. The summed E-state index contributed by atoms with van der Waals surface area (Å²) < 4.78 is 16.0. The van der Waals surface area contributed by atoms with Gasteiger partial charge in [0.25, 0.3) is 0 Å². The third kappa shape index (κ3) is 5.83. The molecule has 2 atom stereocenters. The summed E-state index contributed by atoms with van der Waals surface area (Å²) in [6, 6.07) is 10.3. The van der Waals surface area contributed by atoms with Gasteiger partial charge in [-0.05, 0) is 69.0 Å². The molecule has 8 bridgehead atoms. The Kier molecular flexibility index (Phi) is 8.10. The van der Waals surface area contributed by atoms with E-state index in [-0.39, 0.29) is 6.61 Å². The second-order valence-corrected chi connectivity index (χ2v) is 11.2. The van der Waals surface area contributed by atoms with Gasteiger partial charge in [0, 0.05) is 67.6 Å². The van der Waals surface area contributed by atoms with Crippen LogP contribution in [0.3, 0.4) is 0 Å². The zero-order valence-corrected chi connectivity index (χ0v) is 22.5. The number of nitrogens with one attached hydrogen (secondary N) is 1. The lowest BCUT2D eigenvalue weighted by Gasteiger charge is -2.35. The van der Waals surface area contributed by atoms with Gasteiger partial charge in [0.2, 0.25) is 11.8 Å². The fourth-order valence-corrected chi connectivity index (χ4v) is 6.26. The highest BCUT2D eigenvalue weighted by atomic mass is 32.2. The molecule has 9 nitrogen and oxygen atoms in total. The first kappa shape index (κ1) is 25.6. The summed E-state index contributed by atoms with van der Waals surface area (Å²) in [4.78, 5) is 9.69. The lowest BCUT2D eigenvalue weighted by molar-refractivity contribution is 0.0304. The molecule has 6 heterocycles. The molecule has 1 aromatic carbocycles. The first-order chi connectivity index (χ1) is 18.8. The number of aromatic nitrogens is 3. The zero-order chi connectivity index (χ0) is 25.7. The summed E-state index contributed by atoms with van der Waals surface area (Å²) in [5.41, 5.74) is 5.00. The van der Waals surface area contributed by atoms with Crippen molar-refractivity contribution >= 4 is 23.3 Å². The molecule has 0 saturated carbocycles. The third-order valence-corrected chi connectivity index (χ3v) is 8.51. The summed E-state index contributed by atoms with van der Waals surface area (Å²) in [7, 11) is 0. The van der Waals surface area contributed by atoms with Crippen molar-refractivity contribution in [2.45, 2.75) is 44.1 Å². The van der Waals surface area contributed by atoms with Crippen LogP contribution >= 0.6 is 11.9 Å². The van der Waals surface area contributed by atoms with E-state index in [4.69, 9.17) is 19.2 Å². The predicted molar refractivity (Wildman–Crippen MR) is 150 cm³/mol. The van der Waals surface area contributed by atoms with Gasteiger partial charge in [-0.15, -0.1) is 10.2 Å². The van der Waals surface area contributed by atoms with Crippen LogP contribution in [0.5, 0.6) is 0 Å². The van der Waals surface area contributed by atoms with Crippen molar-refractivity contribution in [1.29, 1.82) is 0 Å². The van der Waals surface area contributed by atoms with Crippen LogP contribution in [0, 0.1) is 0 Å². The SMILES string of the molecule is OCCSNc1ccc2c(c1)N1CCC(CC1)OCCCN1CCCC(C1)c1cc(ccn1)-c1nnc-2o1. The van der Waals surface area contributed by atoms with Crippen LogP contribution in [0.1, 0.15) is 43.7 Å². The van der Waals surface area contributed by atoms with Crippen LogP contribution < -0.4 is 9.62 Å². The molecule has 2 fully saturated rings. The molecule has 4 aliphatic heterocycles. The normalized spacial score (nSPS) is 23.7. The molecule has 0 amide bonds. The Balaban J connectivity index is 1.34. The fourth-order valence-electron chi connectivity index (χ4n) is 5.77. The quantitative estimate of drug-likeness (QED) is 0.368. The molecule has 2 saturated heterocycles. The fraction of sp³-hybridized carbons (Fsp3) is 0.536. The van der Waals surface area contributed by atoms with E-state index in [2.05, 4.69) is 36.9 Å². The number of benzene rings is 1. The first-order valence-corrected chi connectivity index (χ1v) is 14.8. The van der Waals surface area contributed by atoms with E-state index in [0.29, 0.717) is 29.6 Å². The smallest absolute Gasteiger partial charge is 0.250 e. The van der Waals surface area contributed by atoms with Gasteiger partial charge in [0.05, 0.1) is 24.0 Å². The molecule has 4 aliphatic rings. The average molecular weight is 537 g/mol. The highest BCUT2D eigenvalue weighted by Gasteiger charge is 2.26. The average Bonchev–Trinajstić information content (AvgIpc) is 3.46.